The van der Waals surface area contributed by atoms with Gasteiger partial charge in [-0.15, -0.1) is 5.10 Å². The van der Waals surface area contributed by atoms with Crippen LogP contribution in [0.4, 0.5) is 4.39 Å². The van der Waals surface area contributed by atoms with Gasteiger partial charge in [-0.05, 0) is 54.6 Å². The van der Waals surface area contributed by atoms with Gasteiger partial charge in [0, 0.05) is 18.2 Å². The molecule has 1 aliphatic rings. The predicted octanol–water partition coefficient (Wildman–Crippen LogP) is 1.64. The van der Waals surface area contributed by atoms with Crippen molar-refractivity contribution < 1.29 is 9.13 Å². The highest BCUT2D eigenvalue weighted by Crippen LogP contribution is 2.23. The van der Waals surface area contributed by atoms with Crippen LogP contribution < -0.4 is 10.1 Å². The number of hydrogen-bond acceptors (Lipinski definition) is 7. The molecule has 1 saturated heterocycles. The van der Waals surface area contributed by atoms with Crippen LogP contribution in [0.2, 0.25) is 0 Å². The van der Waals surface area contributed by atoms with E-state index in [0.29, 0.717) is 11.6 Å². The number of ether oxygens (including phenoxy) is 1. The maximum atomic E-state index is 14.3. The van der Waals surface area contributed by atoms with E-state index in [4.69, 9.17) is 4.74 Å². The Labute approximate surface area is 149 Å². The number of rotatable bonds is 5. The van der Waals surface area contributed by atoms with Crippen LogP contribution in [0.1, 0.15) is 30.3 Å². The van der Waals surface area contributed by atoms with Crippen LogP contribution in [0.3, 0.4) is 0 Å². The first kappa shape index (κ1) is 16.5. The third-order valence-electron chi connectivity index (χ3n) is 4.34. The number of tetrazole rings is 1. The van der Waals surface area contributed by atoms with Crippen molar-refractivity contribution in [3.05, 3.63) is 54.1 Å². The Hall–Kier alpha value is -2.94. The van der Waals surface area contributed by atoms with Crippen molar-refractivity contribution in [3.8, 4) is 11.4 Å². The smallest absolute Gasteiger partial charge is 0.167 e. The van der Waals surface area contributed by atoms with Crippen LogP contribution in [-0.2, 0) is 6.61 Å². The van der Waals surface area contributed by atoms with E-state index in [1.54, 1.807) is 24.4 Å². The van der Waals surface area contributed by atoms with Gasteiger partial charge in [-0.1, -0.05) is 0 Å². The lowest BCUT2D eigenvalue weighted by Crippen LogP contribution is -2.27. The molecule has 0 spiro atoms. The molecule has 3 heterocycles. The van der Waals surface area contributed by atoms with Gasteiger partial charge >= 0.3 is 0 Å². The zero-order valence-electron chi connectivity index (χ0n) is 14.0. The Morgan fingerprint density at radius 3 is 2.88 bits per heavy atom. The second kappa shape index (κ2) is 7.52. The Morgan fingerprint density at radius 2 is 2.12 bits per heavy atom. The van der Waals surface area contributed by atoms with Crippen molar-refractivity contribution in [1.29, 1.82) is 0 Å². The normalized spacial score (nSPS) is 15.1. The highest BCUT2D eigenvalue weighted by Gasteiger charge is 2.18. The van der Waals surface area contributed by atoms with Gasteiger partial charge in [-0.2, -0.15) is 0 Å². The summed E-state index contributed by atoms with van der Waals surface area (Å²) in [6, 6.07) is 6.36. The monoisotopic (exact) mass is 355 g/mol. The zero-order chi connectivity index (χ0) is 17.8. The number of nitrogens with one attached hydrogen (secondary N) is 1. The minimum absolute atomic E-state index is 0.156. The van der Waals surface area contributed by atoms with Crippen LogP contribution in [0.25, 0.3) is 5.69 Å². The fourth-order valence-corrected chi connectivity index (χ4v) is 2.95. The molecule has 0 aliphatic carbocycles. The Balaban J connectivity index is 1.44. The molecule has 1 aliphatic heterocycles. The Bertz CT molecular complexity index is 865. The molecule has 0 amide bonds. The fraction of sp³-hybridized carbons (Fsp3) is 0.353. The highest BCUT2D eigenvalue weighted by molar-refractivity contribution is 5.37. The average molecular weight is 355 g/mol. The summed E-state index contributed by atoms with van der Waals surface area (Å²) in [6.07, 6.45) is 5.19. The average Bonchev–Trinajstić information content (AvgIpc) is 3.23. The van der Waals surface area contributed by atoms with Gasteiger partial charge in [0.15, 0.2) is 11.6 Å². The standard InChI is InChI=1S/C17H18FN7O/c18-15-9-14(25-11-21-23-24-25)1-2-16(15)26-10-13-5-8-20-17(22-13)12-3-6-19-7-4-12/h1-2,5,8-9,11-12,19H,3-4,6-7,10H2. The van der Waals surface area contributed by atoms with Gasteiger partial charge in [-0.25, -0.2) is 19.0 Å². The molecule has 0 saturated carbocycles. The summed E-state index contributed by atoms with van der Waals surface area (Å²) >= 11 is 0. The van der Waals surface area contributed by atoms with E-state index in [0.717, 1.165) is 37.4 Å². The van der Waals surface area contributed by atoms with Gasteiger partial charge < -0.3 is 10.1 Å². The van der Waals surface area contributed by atoms with Gasteiger partial charge in [0.2, 0.25) is 0 Å². The van der Waals surface area contributed by atoms with Crippen LogP contribution >= 0.6 is 0 Å². The lowest BCUT2D eigenvalue weighted by molar-refractivity contribution is 0.284. The van der Waals surface area contributed by atoms with Crippen LogP contribution in [-0.4, -0.2) is 43.3 Å². The first-order valence-electron chi connectivity index (χ1n) is 8.48. The number of nitrogens with zero attached hydrogens (tertiary/aromatic N) is 6. The van der Waals surface area contributed by atoms with Crippen molar-refractivity contribution >= 4 is 0 Å². The molecule has 134 valence electrons. The Morgan fingerprint density at radius 1 is 1.23 bits per heavy atom. The summed E-state index contributed by atoms with van der Waals surface area (Å²) < 4.78 is 21.2. The van der Waals surface area contributed by atoms with E-state index < -0.39 is 5.82 Å². The minimum atomic E-state index is -0.481. The van der Waals surface area contributed by atoms with Crippen molar-refractivity contribution in [2.24, 2.45) is 0 Å². The number of piperidine rings is 1. The molecule has 9 heteroatoms. The molecule has 1 N–H and O–H groups in total. The highest BCUT2D eigenvalue weighted by atomic mass is 19.1. The minimum Gasteiger partial charge on any atom is -0.484 e. The van der Waals surface area contributed by atoms with Crippen LogP contribution in [0.5, 0.6) is 5.75 Å². The molecule has 0 unspecified atom stereocenters. The largest absolute Gasteiger partial charge is 0.484 e. The number of aromatic nitrogens is 6. The summed E-state index contributed by atoms with van der Waals surface area (Å²) in [5.74, 6) is 0.875. The van der Waals surface area contributed by atoms with E-state index in [1.165, 1.54) is 17.1 Å². The molecule has 1 fully saturated rings. The molecule has 3 aromatic rings. The summed E-state index contributed by atoms with van der Waals surface area (Å²) in [5, 5.41) is 14.1. The van der Waals surface area contributed by atoms with Crippen molar-refractivity contribution in [1.82, 2.24) is 35.5 Å². The number of hydrogen-bond donors (Lipinski definition) is 1. The summed E-state index contributed by atoms with van der Waals surface area (Å²) in [7, 11) is 0. The summed E-state index contributed by atoms with van der Waals surface area (Å²) in [5.41, 5.74) is 1.26. The summed E-state index contributed by atoms with van der Waals surface area (Å²) in [6.45, 7) is 2.14. The van der Waals surface area contributed by atoms with Crippen molar-refractivity contribution in [2.45, 2.75) is 25.4 Å². The lowest BCUT2D eigenvalue weighted by Gasteiger charge is -2.21. The molecule has 26 heavy (non-hydrogen) atoms. The van der Waals surface area contributed by atoms with Crippen LogP contribution in [0, 0.1) is 5.82 Å². The second-order valence-corrected chi connectivity index (χ2v) is 6.09. The predicted molar refractivity (Wildman–Crippen MR) is 90.3 cm³/mol. The second-order valence-electron chi connectivity index (χ2n) is 6.09. The molecular formula is C17H18FN7O. The third-order valence-corrected chi connectivity index (χ3v) is 4.34. The zero-order valence-corrected chi connectivity index (χ0v) is 14.0. The maximum absolute atomic E-state index is 14.3. The topological polar surface area (TPSA) is 90.6 Å². The lowest BCUT2D eigenvalue weighted by atomic mass is 9.97. The molecule has 0 bridgehead atoms. The molecule has 4 rings (SSSR count). The van der Waals surface area contributed by atoms with Gasteiger partial charge in [0.25, 0.3) is 0 Å². The quantitative estimate of drug-likeness (QED) is 0.744. The van der Waals surface area contributed by atoms with E-state index in [-0.39, 0.29) is 12.4 Å². The third kappa shape index (κ3) is 3.67. The molecular weight excluding hydrogens is 337 g/mol. The molecule has 0 radical (unpaired) electrons. The van der Waals surface area contributed by atoms with Gasteiger partial charge in [0.1, 0.15) is 18.8 Å². The van der Waals surface area contributed by atoms with E-state index >= 15 is 0 Å². The SMILES string of the molecule is Fc1cc(-n2cnnn2)ccc1OCc1ccnc(C2CCNCC2)n1. The first-order valence-corrected chi connectivity index (χ1v) is 8.48. The maximum Gasteiger partial charge on any atom is 0.167 e. The van der Waals surface area contributed by atoms with E-state index in [9.17, 15) is 4.39 Å². The molecule has 0 atom stereocenters. The fourth-order valence-electron chi connectivity index (χ4n) is 2.95. The molecule has 2 aromatic heterocycles. The van der Waals surface area contributed by atoms with Crippen LogP contribution in [0.15, 0.2) is 36.8 Å². The molecule has 8 nitrogen and oxygen atoms in total. The number of halogens is 1. The molecule has 1 aromatic carbocycles. The van der Waals surface area contributed by atoms with Crippen molar-refractivity contribution in [2.75, 3.05) is 13.1 Å². The van der Waals surface area contributed by atoms with Gasteiger partial charge in [-0.3, -0.25) is 0 Å². The van der Waals surface area contributed by atoms with E-state index in [2.05, 4.69) is 30.8 Å². The van der Waals surface area contributed by atoms with Gasteiger partial charge in [0.05, 0.1) is 11.4 Å². The summed E-state index contributed by atoms with van der Waals surface area (Å²) in [4.78, 5) is 8.97. The Kier molecular flexibility index (Phi) is 4.78. The van der Waals surface area contributed by atoms with Crippen molar-refractivity contribution in [3.63, 3.8) is 0 Å². The number of benzene rings is 1. The first-order chi connectivity index (χ1) is 12.8. The van der Waals surface area contributed by atoms with E-state index in [1.807, 2.05) is 0 Å².